The molecule has 2 heterocycles. The number of nitrogens with zero attached hydrogens (tertiary/aromatic N) is 1. The first kappa shape index (κ1) is 8.44. The van der Waals surface area contributed by atoms with Crippen molar-refractivity contribution in [2.45, 2.75) is 37.8 Å². The third kappa shape index (κ3) is 1.47. The van der Waals surface area contributed by atoms with Crippen molar-refractivity contribution in [2.24, 2.45) is 0 Å². The van der Waals surface area contributed by atoms with Crippen LogP contribution in [-0.4, -0.2) is 43.5 Å². The smallest absolute Gasteiger partial charge is 0.138 e. The molecule has 0 radical (unpaired) electrons. The third-order valence-corrected chi connectivity index (χ3v) is 2.41. The Balaban J connectivity index is 1.81. The Morgan fingerprint density at radius 1 is 1.42 bits per heavy atom. The molecule has 1 N–H and O–H groups in total. The minimum atomic E-state index is 0.288. The van der Waals surface area contributed by atoms with E-state index in [4.69, 9.17) is 9.57 Å². The molecule has 2 rings (SSSR count). The van der Waals surface area contributed by atoms with Crippen molar-refractivity contribution in [3.8, 4) is 0 Å². The highest BCUT2D eigenvalue weighted by Gasteiger charge is 2.48. The molecule has 70 valence electrons. The predicted octanol–water partition coefficient (Wildman–Crippen LogP) is -0.0451. The van der Waals surface area contributed by atoms with E-state index in [2.05, 4.69) is 17.3 Å². The van der Waals surface area contributed by atoms with Gasteiger partial charge >= 0.3 is 0 Å². The van der Waals surface area contributed by atoms with Crippen molar-refractivity contribution in [1.29, 1.82) is 0 Å². The van der Waals surface area contributed by atoms with Gasteiger partial charge in [0.15, 0.2) is 0 Å². The van der Waals surface area contributed by atoms with Crippen molar-refractivity contribution in [3.05, 3.63) is 0 Å². The molecule has 2 saturated heterocycles. The van der Waals surface area contributed by atoms with Gasteiger partial charge in [-0.3, -0.25) is 9.74 Å². The zero-order chi connectivity index (χ0) is 8.72. The number of epoxide rings is 1. The normalized spacial score (nSPS) is 47.0. The Hall–Kier alpha value is -0.160. The number of hydroxylamine groups is 1. The number of hydrogen-bond acceptors (Lipinski definition) is 4. The van der Waals surface area contributed by atoms with E-state index in [1.807, 2.05) is 14.1 Å². The van der Waals surface area contributed by atoms with Gasteiger partial charge in [0.2, 0.25) is 0 Å². The number of likely N-dealkylation sites (N-methyl/N-ethyl adjacent to an activating group) is 1. The van der Waals surface area contributed by atoms with E-state index in [1.54, 1.807) is 0 Å². The SMILES string of the molecule is CC1CC(C2OC2N(C)C)NO1. The summed E-state index contributed by atoms with van der Waals surface area (Å²) in [4.78, 5) is 7.34. The molecular formula is C8H16N2O2. The summed E-state index contributed by atoms with van der Waals surface area (Å²) in [5.74, 6) is 0. The fourth-order valence-electron chi connectivity index (χ4n) is 1.68. The molecular weight excluding hydrogens is 156 g/mol. The summed E-state index contributed by atoms with van der Waals surface area (Å²) >= 11 is 0. The largest absolute Gasteiger partial charge is 0.351 e. The first-order valence-corrected chi connectivity index (χ1v) is 4.41. The van der Waals surface area contributed by atoms with Crippen molar-refractivity contribution >= 4 is 0 Å². The van der Waals surface area contributed by atoms with Crippen LogP contribution in [0.15, 0.2) is 0 Å². The second kappa shape index (κ2) is 2.96. The van der Waals surface area contributed by atoms with Crippen LogP contribution in [0.4, 0.5) is 0 Å². The average molecular weight is 172 g/mol. The van der Waals surface area contributed by atoms with E-state index in [9.17, 15) is 0 Å². The molecule has 0 aromatic carbocycles. The van der Waals surface area contributed by atoms with Crippen molar-refractivity contribution < 1.29 is 9.57 Å². The fraction of sp³-hybridized carbons (Fsp3) is 1.00. The maximum absolute atomic E-state index is 5.49. The summed E-state index contributed by atoms with van der Waals surface area (Å²) < 4.78 is 5.49. The van der Waals surface area contributed by atoms with E-state index in [0.29, 0.717) is 18.2 Å². The van der Waals surface area contributed by atoms with Crippen LogP contribution in [0, 0.1) is 0 Å². The van der Waals surface area contributed by atoms with Gasteiger partial charge in [0.25, 0.3) is 0 Å². The van der Waals surface area contributed by atoms with Gasteiger partial charge in [-0.25, -0.2) is 0 Å². The second-order valence-corrected chi connectivity index (χ2v) is 3.84. The lowest BCUT2D eigenvalue weighted by Crippen LogP contribution is -2.31. The Bertz CT molecular complexity index is 174. The van der Waals surface area contributed by atoms with Gasteiger partial charge in [-0.2, -0.15) is 5.48 Å². The quantitative estimate of drug-likeness (QED) is 0.593. The highest BCUT2D eigenvalue weighted by molar-refractivity contribution is 4.94. The highest BCUT2D eigenvalue weighted by atomic mass is 16.7. The number of hydrogen-bond donors (Lipinski definition) is 1. The van der Waals surface area contributed by atoms with E-state index < -0.39 is 0 Å². The maximum Gasteiger partial charge on any atom is 0.138 e. The van der Waals surface area contributed by atoms with E-state index in [0.717, 1.165) is 6.42 Å². The van der Waals surface area contributed by atoms with E-state index in [-0.39, 0.29) is 6.23 Å². The van der Waals surface area contributed by atoms with Gasteiger partial charge < -0.3 is 4.74 Å². The number of rotatable bonds is 2. The first-order chi connectivity index (χ1) is 5.68. The van der Waals surface area contributed by atoms with Gasteiger partial charge in [-0.15, -0.1) is 0 Å². The number of ether oxygens (including phenoxy) is 1. The Kier molecular flexibility index (Phi) is 2.08. The average Bonchev–Trinajstić information content (AvgIpc) is 2.70. The molecule has 0 saturated carbocycles. The van der Waals surface area contributed by atoms with Crippen LogP contribution in [0.25, 0.3) is 0 Å². The summed E-state index contributed by atoms with van der Waals surface area (Å²) in [5, 5.41) is 0. The zero-order valence-electron chi connectivity index (χ0n) is 7.78. The van der Waals surface area contributed by atoms with Crippen molar-refractivity contribution in [1.82, 2.24) is 10.4 Å². The predicted molar refractivity (Wildman–Crippen MR) is 44.4 cm³/mol. The van der Waals surface area contributed by atoms with Crippen LogP contribution in [-0.2, 0) is 9.57 Å². The lowest BCUT2D eigenvalue weighted by molar-refractivity contribution is 0.0339. The molecule has 0 aromatic heterocycles. The molecule has 12 heavy (non-hydrogen) atoms. The molecule has 4 heteroatoms. The van der Waals surface area contributed by atoms with Gasteiger partial charge in [-0.1, -0.05) is 0 Å². The number of nitrogens with one attached hydrogen (secondary N) is 1. The maximum atomic E-state index is 5.49. The van der Waals surface area contributed by atoms with Crippen LogP contribution in [0.2, 0.25) is 0 Å². The van der Waals surface area contributed by atoms with Crippen LogP contribution in [0.3, 0.4) is 0 Å². The lowest BCUT2D eigenvalue weighted by Gasteiger charge is -2.06. The lowest BCUT2D eigenvalue weighted by atomic mass is 10.1. The molecule has 0 aromatic rings. The summed E-state index contributed by atoms with van der Waals surface area (Å²) in [7, 11) is 4.06. The van der Waals surface area contributed by atoms with Crippen LogP contribution in [0.5, 0.6) is 0 Å². The Labute approximate surface area is 72.8 Å². The van der Waals surface area contributed by atoms with Crippen molar-refractivity contribution in [3.63, 3.8) is 0 Å². The molecule has 0 spiro atoms. The summed E-state index contributed by atoms with van der Waals surface area (Å²) in [5.41, 5.74) is 3.00. The van der Waals surface area contributed by atoms with E-state index in [1.165, 1.54) is 0 Å². The standard InChI is InChI=1S/C8H16N2O2/c1-5-4-6(9-12-5)7-8(11-7)10(2)3/h5-9H,4H2,1-3H3. The molecule has 2 aliphatic heterocycles. The van der Waals surface area contributed by atoms with Gasteiger partial charge in [0.05, 0.1) is 12.1 Å². The van der Waals surface area contributed by atoms with Crippen molar-refractivity contribution in [2.75, 3.05) is 14.1 Å². The van der Waals surface area contributed by atoms with Crippen LogP contribution < -0.4 is 5.48 Å². The van der Waals surface area contributed by atoms with Gasteiger partial charge in [0, 0.05) is 0 Å². The monoisotopic (exact) mass is 172 g/mol. The molecule has 0 aliphatic carbocycles. The third-order valence-electron chi connectivity index (χ3n) is 2.41. The molecule has 4 atom stereocenters. The summed E-state index contributed by atoms with van der Waals surface area (Å²) in [6, 6.07) is 0.382. The molecule has 0 bridgehead atoms. The van der Waals surface area contributed by atoms with Crippen LogP contribution in [0.1, 0.15) is 13.3 Å². The first-order valence-electron chi connectivity index (χ1n) is 4.41. The minimum absolute atomic E-state index is 0.288. The topological polar surface area (TPSA) is 37.0 Å². The van der Waals surface area contributed by atoms with Gasteiger partial charge in [0.1, 0.15) is 12.3 Å². The molecule has 0 amide bonds. The molecule has 2 fully saturated rings. The molecule has 2 aliphatic rings. The minimum Gasteiger partial charge on any atom is -0.351 e. The molecule has 4 unspecified atom stereocenters. The Morgan fingerprint density at radius 2 is 2.17 bits per heavy atom. The highest BCUT2D eigenvalue weighted by Crippen LogP contribution is 2.31. The summed E-state index contributed by atoms with van der Waals surface area (Å²) in [6.07, 6.45) is 1.98. The Morgan fingerprint density at radius 3 is 2.58 bits per heavy atom. The van der Waals surface area contributed by atoms with E-state index >= 15 is 0 Å². The summed E-state index contributed by atoms with van der Waals surface area (Å²) in [6.45, 7) is 2.07. The second-order valence-electron chi connectivity index (χ2n) is 3.84. The van der Waals surface area contributed by atoms with Gasteiger partial charge in [-0.05, 0) is 27.4 Å². The fourth-order valence-corrected chi connectivity index (χ4v) is 1.68. The zero-order valence-corrected chi connectivity index (χ0v) is 7.78. The van der Waals surface area contributed by atoms with Crippen LogP contribution >= 0.6 is 0 Å². The molecule has 4 nitrogen and oxygen atoms in total.